The molecule has 0 spiro atoms. The lowest BCUT2D eigenvalue weighted by molar-refractivity contribution is -0.384. The van der Waals surface area contributed by atoms with Crippen LogP contribution in [0.2, 0.25) is 10.0 Å². The summed E-state index contributed by atoms with van der Waals surface area (Å²) in [4.78, 5) is 20.2. The third-order valence-electron chi connectivity index (χ3n) is 1.64. The molecule has 1 N–H and O–H groups in total. The molecule has 0 aliphatic carbocycles. The number of benzene rings is 1. The van der Waals surface area contributed by atoms with Gasteiger partial charge >= 0.3 is 5.97 Å². The fourth-order valence-corrected chi connectivity index (χ4v) is 1.44. The van der Waals surface area contributed by atoms with E-state index in [1.54, 1.807) is 0 Å². The van der Waals surface area contributed by atoms with Crippen LogP contribution in [0.1, 0.15) is 5.56 Å². The summed E-state index contributed by atoms with van der Waals surface area (Å²) in [6, 6.07) is 2.18. The molecule has 0 saturated heterocycles. The topological polar surface area (TPSA) is 80.4 Å². The van der Waals surface area contributed by atoms with Crippen LogP contribution in [0, 0.1) is 10.1 Å². The number of non-ortho nitro benzene ring substituents is 1. The zero-order chi connectivity index (χ0) is 11.6. The van der Waals surface area contributed by atoms with E-state index in [0.717, 1.165) is 12.1 Å². The molecular weight excluding hydrogens is 245 g/mol. The number of carboxylic acid groups (broad SMARTS) is 1. The molecule has 0 amide bonds. The van der Waals surface area contributed by atoms with Crippen LogP contribution >= 0.6 is 23.2 Å². The second kappa shape index (κ2) is 4.46. The van der Waals surface area contributed by atoms with Gasteiger partial charge in [-0.15, -0.1) is 0 Å². The van der Waals surface area contributed by atoms with Gasteiger partial charge in [0.05, 0.1) is 21.4 Å². The van der Waals surface area contributed by atoms with Crippen LogP contribution in [0.5, 0.6) is 0 Å². The van der Waals surface area contributed by atoms with Gasteiger partial charge in [-0.25, -0.2) is 0 Å². The van der Waals surface area contributed by atoms with Crippen molar-refractivity contribution in [2.24, 2.45) is 0 Å². The molecule has 7 heteroatoms. The van der Waals surface area contributed by atoms with Crippen molar-refractivity contribution >= 4 is 34.9 Å². The predicted octanol–water partition coefficient (Wildman–Crippen LogP) is 2.53. The van der Waals surface area contributed by atoms with Crippen LogP contribution in [0.3, 0.4) is 0 Å². The molecule has 1 aromatic rings. The van der Waals surface area contributed by atoms with E-state index in [4.69, 9.17) is 28.3 Å². The highest BCUT2D eigenvalue weighted by atomic mass is 35.5. The number of rotatable bonds is 3. The molecular formula is C8H5Cl2NO4. The first-order valence-electron chi connectivity index (χ1n) is 3.76. The van der Waals surface area contributed by atoms with Crippen molar-refractivity contribution < 1.29 is 14.8 Å². The molecule has 0 radical (unpaired) electrons. The van der Waals surface area contributed by atoms with Gasteiger partial charge in [0.1, 0.15) is 0 Å². The fraction of sp³-hybridized carbons (Fsp3) is 0.125. The van der Waals surface area contributed by atoms with Crippen LogP contribution in [0.25, 0.3) is 0 Å². The number of nitro benzene ring substituents is 1. The van der Waals surface area contributed by atoms with E-state index in [1.165, 1.54) is 0 Å². The number of carboxylic acids is 1. The average Bonchev–Trinajstić information content (AvgIpc) is 2.11. The van der Waals surface area contributed by atoms with Gasteiger partial charge in [0.25, 0.3) is 5.69 Å². The number of carbonyl (C=O) groups is 1. The number of hydrogen-bond donors (Lipinski definition) is 1. The Morgan fingerprint density at radius 3 is 2.53 bits per heavy atom. The maximum atomic E-state index is 10.5. The Balaban J connectivity index is 3.24. The smallest absolute Gasteiger partial charge is 0.307 e. The largest absolute Gasteiger partial charge is 0.481 e. The van der Waals surface area contributed by atoms with E-state index >= 15 is 0 Å². The van der Waals surface area contributed by atoms with Crippen molar-refractivity contribution in [1.29, 1.82) is 0 Å². The van der Waals surface area contributed by atoms with E-state index < -0.39 is 17.3 Å². The summed E-state index contributed by atoms with van der Waals surface area (Å²) in [6.07, 6.45) is -0.403. The van der Waals surface area contributed by atoms with E-state index in [-0.39, 0.29) is 21.3 Å². The van der Waals surface area contributed by atoms with Gasteiger partial charge in [0.15, 0.2) is 0 Å². The first-order valence-corrected chi connectivity index (χ1v) is 4.51. The maximum absolute atomic E-state index is 10.5. The van der Waals surface area contributed by atoms with E-state index in [9.17, 15) is 14.9 Å². The van der Waals surface area contributed by atoms with Gasteiger partial charge in [-0.05, 0) is 5.56 Å². The second-order valence-electron chi connectivity index (χ2n) is 2.73. The normalized spacial score (nSPS) is 10.0. The quantitative estimate of drug-likeness (QED) is 0.660. The Morgan fingerprint density at radius 2 is 2.07 bits per heavy atom. The van der Waals surface area contributed by atoms with Crippen molar-refractivity contribution in [2.75, 3.05) is 0 Å². The highest BCUT2D eigenvalue weighted by Gasteiger charge is 2.15. The molecule has 0 atom stereocenters. The number of hydrogen-bond acceptors (Lipinski definition) is 3. The molecule has 1 rings (SSSR count). The summed E-state index contributed by atoms with van der Waals surface area (Å²) >= 11 is 11.3. The molecule has 0 unspecified atom stereocenters. The van der Waals surface area contributed by atoms with Crippen LogP contribution in [0.15, 0.2) is 12.1 Å². The third kappa shape index (κ3) is 2.81. The van der Waals surface area contributed by atoms with Gasteiger partial charge in [-0.1, -0.05) is 23.2 Å². The van der Waals surface area contributed by atoms with Crippen LogP contribution in [-0.4, -0.2) is 16.0 Å². The van der Waals surface area contributed by atoms with E-state index in [1.807, 2.05) is 0 Å². The zero-order valence-electron chi connectivity index (χ0n) is 7.24. The molecule has 0 aromatic heterocycles. The van der Waals surface area contributed by atoms with Crippen molar-refractivity contribution in [3.05, 3.63) is 37.9 Å². The Kier molecular flexibility index (Phi) is 3.49. The predicted molar refractivity (Wildman–Crippen MR) is 54.5 cm³/mol. The Labute approximate surface area is 94.4 Å². The Hall–Kier alpha value is -1.33. The number of halogens is 2. The number of aliphatic carboxylic acids is 1. The highest BCUT2D eigenvalue weighted by Crippen LogP contribution is 2.31. The first-order chi connectivity index (χ1) is 6.91. The molecule has 0 fully saturated rings. The maximum Gasteiger partial charge on any atom is 0.307 e. The van der Waals surface area contributed by atoms with Gasteiger partial charge in [-0.2, -0.15) is 0 Å². The van der Waals surface area contributed by atoms with Crippen molar-refractivity contribution in [3.8, 4) is 0 Å². The summed E-state index contributed by atoms with van der Waals surface area (Å²) in [5.74, 6) is -1.13. The molecule has 0 saturated carbocycles. The fourth-order valence-electron chi connectivity index (χ4n) is 1.03. The standard InChI is InChI=1S/C8H5Cl2NO4/c9-6-3-5(11(14)15)1-4(8(6)10)2-7(12)13/h1,3H,2H2,(H,12,13). The summed E-state index contributed by atoms with van der Waals surface area (Å²) < 4.78 is 0. The monoisotopic (exact) mass is 249 g/mol. The van der Waals surface area contributed by atoms with Crippen molar-refractivity contribution in [1.82, 2.24) is 0 Å². The minimum absolute atomic E-state index is 0.0258. The lowest BCUT2D eigenvalue weighted by Crippen LogP contribution is -2.02. The molecule has 0 aliphatic heterocycles. The highest BCUT2D eigenvalue weighted by molar-refractivity contribution is 6.42. The molecule has 0 bridgehead atoms. The molecule has 1 aromatic carbocycles. The van der Waals surface area contributed by atoms with Crippen LogP contribution in [0.4, 0.5) is 5.69 Å². The summed E-state index contributed by atoms with van der Waals surface area (Å²) in [6.45, 7) is 0. The van der Waals surface area contributed by atoms with Gasteiger partial charge in [0.2, 0.25) is 0 Å². The molecule has 5 nitrogen and oxygen atoms in total. The Bertz CT molecular complexity index is 433. The summed E-state index contributed by atoms with van der Waals surface area (Å²) in [5, 5.41) is 19.0. The minimum Gasteiger partial charge on any atom is -0.481 e. The number of nitrogens with zero attached hydrogens (tertiary/aromatic N) is 1. The summed E-state index contributed by atoms with van der Waals surface area (Å²) in [5.41, 5.74) is -0.149. The first kappa shape index (κ1) is 11.7. The second-order valence-corrected chi connectivity index (χ2v) is 3.51. The molecule has 0 aliphatic rings. The molecule has 15 heavy (non-hydrogen) atoms. The molecule has 80 valence electrons. The van der Waals surface area contributed by atoms with E-state index in [0.29, 0.717) is 0 Å². The average molecular weight is 250 g/mol. The zero-order valence-corrected chi connectivity index (χ0v) is 8.75. The lowest BCUT2D eigenvalue weighted by atomic mass is 10.1. The summed E-state index contributed by atoms with van der Waals surface area (Å²) in [7, 11) is 0. The van der Waals surface area contributed by atoms with Crippen LogP contribution in [-0.2, 0) is 11.2 Å². The Morgan fingerprint density at radius 1 is 1.47 bits per heavy atom. The SMILES string of the molecule is O=C(O)Cc1cc([N+](=O)[O-])cc(Cl)c1Cl. The van der Waals surface area contributed by atoms with Gasteiger partial charge in [-0.3, -0.25) is 14.9 Å². The van der Waals surface area contributed by atoms with Crippen molar-refractivity contribution in [2.45, 2.75) is 6.42 Å². The van der Waals surface area contributed by atoms with Gasteiger partial charge < -0.3 is 5.11 Å². The van der Waals surface area contributed by atoms with Crippen molar-refractivity contribution in [3.63, 3.8) is 0 Å². The third-order valence-corrected chi connectivity index (χ3v) is 2.48. The lowest BCUT2D eigenvalue weighted by Gasteiger charge is -2.03. The molecule has 0 heterocycles. The minimum atomic E-state index is -1.13. The van der Waals surface area contributed by atoms with Gasteiger partial charge in [0, 0.05) is 12.1 Å². The number of nitro groups is 1. The van der Waals surface area contributed by atoms with Crippen LogP contribution < -0.4 is 0 Å². The van der Waals surface area contributed by atoms with E-state index in [2.05, 4.69) is 0 Å².